The zero-order chi connectivity index (χ0) is 19.4. The average molecular weight is 379 g/mol. The molecule has 2 aromatic carbocycles. The van der Waals surface area contributed by atoms with Crippen LogP contribution in [-0.4, -0.2) is 32.3 Å². The Morgan fingerprint density at radius 2 is 1.89 bits per heavy atom. The van der Waals surface area contributed by atoms with Crippen LogP contribution in [0.5, 0.6) is 0 Å². The smallest absolute Gasteiger partial charge is 0.310 e. The lowest BCUT2D eigenvalue weighted by molar-refractivity contribution is -0.147. The third kappa shape index (κ3) is 4.60. The van der Waals surface area contributed by atoms with E-state index in [9.17, 15) is 18.0 Å². The first-order valence-corrected chi connectivity index (χ1v) is 8.70. The molecule has 1 unspecified atom stereocenters. The molecule has 0 aromatic heterocycles. The van der Waals surface area contributed by atoms with Gasteiger partial charge in [0.15, 0.2) is 0 Å². The molecule has 1 aliphatic rings. The molecule has 4 nitrogen and oxygen atoms in total. The van der Waals surface area contributed by atoms with Crippen LogP contribution in [0, 0.1) is 17.5 Å². The predicted molar refractivity (Wildman–Crippen MR) is 94.0 cm³/mol. The van der Waals surface area contributed by atoms with E-state index < -0.39 is 35.9 Å². The number of esters is 1. The monoisotopic (exact) mass is 379 g/mol. The molecule has 7 heteroatoms. The molecule has 0 bridgehead atoms. The SMILES string of the molecule is CC(OC(=O)Cc1cc(F)ccc1F)c1c(F)cccc1N1CCOCC1. The Bertz CT molecular complexity index is 822. The summed E-state index contributed by atoms with van der Waals surface area (Å²) < 4.78 is 52.1. The van der Waals surface area contributed by atoms with E-state index in [4.69, 9.17) is 9.47 Å². The number of nitrogens with zero attached hydrogens (tertiary/aromatic N) is 1. The lowest BCUT2D eigenvalue weighted by atomic mass is 10.1. The number of hydrogen-bond acceptors (Lipinski definition) is 4. The van der Waals surface area contributed by atoms with Crippen molar-refractivity contribution in [1.29, 1.82) is 0 Å². The molecule has 0 N–H and O–H groups in total. The first kappa shape index (κ1) is 19.2. The predicted octanol–water partition coefficient (Wildman–Crippen LogP) is 3.79. The molecule has 1 saturated heterocycles. The van der Waals surface area contributed by atoms with Gasteiger partial charge in [0.1, 0.15) is 23.6 Å². The van der Waals surface area contributed by atoms with Crippen LogP contribution in [0.2, 0.25) is 0 Å². The van der Waals surface area contributed by atoms with Gasteiger partial charge in [0, 0.05) is 24.3 Å². The minimum absolute atomic E-state index is 0.103. The molecule has 2 aromatic rings. The number of halogens is 3. The van der Waals surface area contributed by atoms with Gasteiger partial charge in [-0.3, -0.25) is 4.79 Å². The largest absolute Gasteiger partial charge is 0.457 e. The average Bonchev–Trinajstić information content (AvgIpc) is 2.65. The summed E-state index contributed by atoms with van der Waals surface area (Å²) in [5.74, 6) is -2.59. The van der Waals surface area contributed by atoms with Gasteiger partial charge in [-0.15, -0.1) is 0 Å². The van der Waals surface area contributed by atoms with Crippen LogP contribution in [0.15, 0.2) is 36.4 Å². The van der Waals surface area contributed by atoms with Crippen LogP contribution in [0.4, 0.5) is 18.9 Å². The van der Waals surface area contributed by atoms with Crippen molar-refractivity contribution in [1.82, 2.24) is 0 Å². The van der Waals surface area contributed by atoms with E-state index in [2.05, 4.69) is 0 Å². The maximum Gasteiger partial charge on any atom is 0.310 e. The fraction of sp³-hybridized carbons (Fsp3) is 0.350. The summed E-state index contributed by atoms with van der Waals surface area (Å²) in [5, 5.41) is 0. The molecular weight excluding hydrogens is 359 g/mol. The Labute approximate surface area is 155 Å². The van der Waals surface area contributed by atoms with Crippen LogP contribution in [-0.2, 0) is 20.7 Å². The summed E-state index contributed by atoms with van der Waals surface area (Å²) in [5.41, 5.74) is 0.789. The number of ether oxygens (including phenoxy) is 2. The molecule has 0 radical (unpaired) electrons. The number of benzene rings is 2. The summed E-state index contributed by atoms with van der Waals surface area (Å²) >= 11 is 0. The van der Waals surface area contributed by atoms with E-state index in [0.29, 0.717) is 32.0 Å². The van der Waals surface area contributed by atoms with E-state index in [1.807, 2.05) is 4.90 Å². The van der Waals surface area contributed by atoms with Crippen LogP contribution >= 0.6 is 0 Å². The topological polar surface area (TPSA) is 38.8 Å². The highest BCUT2D eigenvalue weighted by atomic mass is 19.1. The number of anilines is 1. The Morgan fingerprint density at radius 3 is 2.63 bits per heavy atom. The molecule has 1 fully saturated rings. The van der Waals surface area contributed by atoms with Gasteiger partial charge in [-0.05, 0) is 37.3 Å². The fourth-order valence-corrected chi connectivity index (χ4v) is 3.14. The second-order valence-corrected chi connectivity index (χ2v) is 6.32. The second-order valence-electron chi connectivity index (χ2n) is 6.32. The van der Waals surface area contributed by atoms with Gasteiger partial charge in [0.05, 0.1) is 25.2 Å². The quantitative estimate of drug-likeness (QED) is 0.741. The highest BCUT2D eigenvalue weighted by molar-refractivity contribution is 5.73. The first-order chi connectivity index (χ1) is 13.0. The first-order valence-electron chi connectivity index (χ1n) is 8.70. The normalized spacial score (nSPS) is 15.5. The lowest BCUT2D eigenvalue weighted by Crippen LogP contribution is -2.37. The number of carbonyl (C=O) groups excluding carboxylic acids is 1. The molecule has 144 valence electrons. The molecule has 0 saturated carbocycles. The van der Waals surface area contributed by atoms with Crippen molar-refractivity contribution in [3.8, 4) is 0 Å². The summed E-state index contributed by atoms with van der Waals surface area (Å²) in [6, 6.07) is 7.54. The van der Waals surface area contributed by atoms with E-state index >= 15 is 0 Å². The number of rotatable bonds is 5. The molecule has 27 heavy (non-hydrogen) atoms. The Morgan fingerprint density at radius 1 is 1.15 bits per heavy atom. The van der Waals surface area contributed by atoms with Crippen LogP contribution in [0.1, 0.15) is 24.2 Å². The van der Waals surface area contributed by atoms with Gasteiger partial charge in [0.25, 0.3) is 0 Å². The van der Waals surface area contributed by atoms with Crippen molar-refractivity contribution in [3.63, 3.8) is 0 Å². The minimum Gasteiger partial charge on any atom is -0.457 e. The fourth-order valence-electron chi connectivity index (χ4n) is 3.14. The zero-order valence-electron chi connectivity index (χ0n) is 14.9. The molecule has 0 aliphatic carbocycles. The molecule has 1 atom stereocenters. The molecule has 1 aliphatic heterocycles. The van der Waals surface area contributed by atoms with E-state index in [-0.39, 0.29) is 11.1 Å². The van der Waals surface area contributed by atoms with Crippen LogP contribution < -0.4 is 4.90 Å². The molecule has 0 amide bonds. The zero-order valence-corrected chi connectivity index (χ0v) is 14.9. The molecule has 0 spiro atoms. The van der Waals surface area contributed by atoms with E-state index in [1.165, 1.54) is 6.07 Å². The van der Waals surface area contributed by atoms with Crippen molar-refractivity contribution in [2.45, 2.75) is 19.4 Å². The van der Waals surface area contributed by atoms with Gasteiger partial charge in [-0.2, -0.15) is 0 Å². The Balaban J connectivity index is 1.76. The number of morpholine rings is 1. The van der Waals surface area contributed by atoms with Crippen molar-refractivity contribution < 1.29 is 27.4 Å². The highest BCUT2D eigenvalue weighted by Crippen LogP contribution is 2.32. The Kier molecular flexibility index (Phi) is 6.01. The van der Waals surface area contributed by atoms with E-state index in [1.54, 1.807) is 19.1 Å². The summed E-state index contributed by atoms with van der Waals surface area (Å²) in [4.78, 5) is 14.2. The van der Waals surface area contributed by atoms with Crippen molar-refractivity contribution >= 4 is 11.7 Å². The maximum absolute atomic E-state index is 14.5. The van der Waals surface area contributed by atoms with Crippen LogP contribution in [0.25, 0.3) is 0 Å². The van der Waals surface area contributed by atoms with Crippen LogP contribution in [0.3, 0.4) is 0 Å². The third-order valence-electron chi connectivity index (χ3n) is 4.44. The van der Waals surface area contributed by atoms with Crippen molar-refractivity contribution in [3.05, 3.63) is 65.0 Å². The van der Waals surface area contributed by atoms with Gasteiger partial charge in [0.2, 0.25) is 0 Å². The number of hydrogen-bond donors (Lipinski definition) is 0. The number of carbonyl (C=O) groups is 1. The molecular formula is C20H20F3NO3. The van der Waals surface area contributed by atoms with Crippen molar-refractivity contribution in [2.24, 2.45) is 0 Å². The summed E-state index contributed by atoms with van der Waals surface area (Å²) in [6.07, 6.45) is -1.32. The third-order valence-corrected chi connectivity index (χ3v) is 4.44. The highest BCUT2D eigenvalue weighted by Gasteiger charge is 2.24. The van der Waals surface area contributed by atoms with Gasteiger partial charge < -0.3 is 14.4 Å². The summed E-state index contributed by atoms with van der Waals surface area (Å²) in [7, 11) is 0. The van der Waals surface area contributed by atoms with Gasteiger partial charge in [-0.25, -0.2) is 13.2 Å². The maximum atomic E-state index is 14.5. The molecule has 3 rings (SSSR count). The lowest BCUT2D eigenvalue weighted by Gasteiger charge is -2.31. The van der Waals surface area contributed by atoms with Gasteiger partial charge >= 0.3 is 5.97 Å². The molecule has 1 heterocycles. The summed E-state index contributed by atoms with van der Waals surface area (Å²) in [6.45, 7) is 3.82. The standard InChI is InChI=1S/C20H20F3NO3/c1-13(27-19(25)12-14-11-15(21)5-6-16(14)22)20-17(23)3-2-4-18(20)24-7-9-26-10-8-24/h2-6,11,13H,7-10,12H2,1H3. The second kappa shape index (κ2) is 8.43. The Hall–Kier alpha value is -2.54. The minimum atomic E-state index is -0.881. The van der Waals surface area contributed by atoms with E-state index in [0.717, 1.165) is 18.2 Å². The van der Waals surface area contributed by atoms with Crippen molar-refractivity contribution in [2.75, 3.05) is 31.2 Å². The van der Waals surface area contributed by atoms with Gasteiger partial charge in [-0.1, -0.05) is 6.07 Å².